The summed E-state index contributed by atoms with van der Waals surface area (Å²) < 4.78 is 2.04. The van der Waals surface area contributed by atoms with Gasteiger partial charge >= 0.3 is 0 Å². The Balaban J connectivity index is 2.38. The van der Waals surface area contributed by atoms with Crippen molar-refractivity contribution in [1.82, 2.24) is 14.6 Å². The smallest absolute Gasteiger partial charge is 0.165 e. The molecule has 3 N–H and O–H groups in total. The van der Waals surface area contributed by atoms with Gasteiger partial charge < -0.3 is 16.0 Å². The van der Waals surface area contributed by atoms with Gasteiger partial charge in [0, 0.05) is 38.2 Å². The van der Waals surface area contributed by atoms with Gasteiger partial charge in [0.05, 0.1) is 22.5 Å². The lowest BCUT2D eigenvalue weighted by Gasteiger charge is -2.18. The molecule has 2 heterocycles. The molecule has 0 fully saturated rings. The van der Waals surface area contributed by atoms with Crippen LogP contribution in [0.2, 0.25) is 0 Å². The van der Waals surface area contributed by atoms with Gasteiger partial charge in [-0.1, -0.05) is 13.8 Å². The lowest BCUT2D eigenvalue weighted by molar-refractivity contribution is 0.639. The van der Waals surface area contributed by atoms with Crippen molar-refractivity contribution in [1.29, 1.82) is 0 Å². The molecule has 0 aliphatic carbocycles. The van der Waals surface area contributed by atoms with Crippen LogP contribution < -0.4 is 16.0 Å². The zero-order chi connectivity index (χ0) is 20.4. The number of aromatic nitrogens is 3. The second-order valence-corrected chi connectivity index (χ2v) is 7.23. The van der Waals surface area contributed by atoms with E-state index in [4.69, 9.17) is 10.1 Å². The maximum Gasteiger partial charge on any atom is 0.165 e. The second kappa shape index (κ2) is 8.09. The Hall–Kier alpha value is -2.76. The summed E-state index contributed by atoms with van der Waals surface area (Å²) in [7, 11) is 5.80. The van der Waals surface area contributed by atoms with Crippen molar-refractivity contribution in [3.8, 4) is 11.4 Å². The summed E-state index contributed by atoms with van der Waals surface area (Å²) >= 11 is 0. The molecule has 3 aromatic rings. The summed E-state index contributed by atoms with van der Waals surface area (Å²) in [6.07, 6.45) is 2.21. The van der Waals surface area contributed by atoms with Crippen LogP contribution in [0, 0.1) is 13.8 Å². The molecule has 0 atom stereocenters. The van der Waals surface area contributed by atoms with Crippen LogP contribution in [0.3, 0.4) is 0 Å². The Morgan fingerprint density at radius 1 is 0.929 bits per heavy atom. The number of hydrogen-bond donors (Lipinski definition) is 3. The van der Waals surface area contributed by atoms with E-state index in [-0.39, 0.29) is 0 Å². The topological polar surface area (TPSA) is 66.3 Å². The maximum atomic E-state index is 4.99. The molecule has 0 saturated heterocycles. The molecular formula is C22H32N6. The summed E-state index contributed by atoms with van der Waals surface area (Å²) in [6.45, 7) is 8.65. The molecule has 3 rings (SSSR count). The van der Waals surface area contributed by atoms with Gasteiger partial charge in [0.15, 0.2) is 5.82 Å². The van der Waals surface area contributed by atoms with Gasteiger partial charge in [0.2, 0.25) is 0 Å². The Labute approximate surface area is 167 Å². The van der Waals surface area contributed by atoms with E-state index in [2.05, 4.69) is 61.8 Å². The summed E-state index contributed by atoms with van der Waals surface area (Å²) in [6, 6.07) is 6.43. The predicted octanol–water partition coefficient (Wildman–Crippen LogP) is 5.04. The molecule has 0 aliphatic rings. The van der Waals surface area contributed by atoms with Crippen LogP contribution in [0.15, 0.2) is 18.2 Å². The van der Waals surface area contributed by atoms with Crippen LogP contribution in [0.4, 0.5) is 17.1 Å². The quantitative estimate of drug-likeness (QED) is 0.536. The minimum Gasteiger partial charge on any atom is -0.388 e. The van der Waals surface area contributed by atoms with Crippen LogP contribution in [-0.4, -0.2) is 35.7 Å². The average molecular weight is 381 g/mol. The molecule has 0 spiro atoms. The lowest BCUT2D eigenvalue weighted by Crippen LogP contribution is -2.07. The molecule has 0 radical (unpaired) electrons. The van der Waals surface area contributed by atoms with Crippen LogP contribution in [0.1, 0.15) is 49.6 Å². The molecule has 2 aromatic heterocycles. The first-order valence-electron chi connectivity index (χ1n) is 10.1. The van der Waals surface area contributed by atoms with Crippen LogP contribution in [0.25, 0.3) is 16.9 Å². The molecule has 28 heavy (non-hydrogen) atoms. The number of aryl methyl sites for hydroxylation is 2. The van der Waals surface area contributed by atoms with Crippen molar-refractivity contribution in [2.75, 3.05) is 37.1 Å². The molecule has 0 aliphatic heterocycles. The Bertz CT molecular complexity index is 959. The van der Waals surface area contributed by atoms with E-state index in [1.165, 1.54) is 5.56 Å². The van der Waals surface area contributed by atoms with Gasteiger partial charge in [-0.2, -0.15) is 5.10 Å². The second-order valence-electron chi connectivity index (χ2n) is 7.23. The van der Waals surface area contributed by atoms with E-state index >= 15 is 0 Å². The van der Waals surface area contributed by atoms with Gasteiger partial charge in [0.25, 0.3) is 0 Å². The first-order valence-corrected chi connectivity index (χ1v) is 10.1. The van der Waals surface area contributed by atoms with E-state index in [0.717, 1.165) is 58.2 Å². The van der Waals surface area contributed by atoms with E-state index in [1.54, 1.807) is 0 Å². The summed E-state index contributed by atoms with van der Waals surface area (Å²) in [5.41, 5.74) is 8.60. The van der Waals surface area contributed by atoms with E-state index in [9.17, 15) is 0 Å². The van der Waals surface area contributed by atoms with Crippen molar-refractivity contribution < 1.29 is 0 Å². The standard InChI is InChI=1S/C22H32N6/c1-8-15(9-2)17-10-13(3)27-28-21(17)14(4)26-22(28)20-18(24-6)11-16(23-5)12-19(20)25-7/h10-12,15,23-25H,8-9H2,1-7H3. The number of nitrogens with zero attached hydrogens (tertiary/aromatic N) is 3. The number of fused-ring (bicyclic) bond motifs is 1. The minimum absolute atomic E-state index is 0.506. The van der Waals surface area contributed by atoms with E-state index in [0.29, 0.717) is 5.92 Å². The number of nitrogens with one attached hydrogen (secondary N) is 3. The zero-order valence-corrected chi connectivity index (χ0v) is 18.1. The highest BCUT2D eigenvalue weighted by atomic mass is 15.3. The van der Waals surface area contributed by atoms with Crippen molar-refractivity contribution in [2.24, 2.45) is 0 Å². The van der Waals surface area contributed by atoms with Crippen molar-refractivity contribution in [3.05, 3.63) is 35.2 Å². The number of benzene rings is 1. The highest BCUT2D eigenvalue weighted by Gasteiger charge is 2.23. The molecule has 0 unspecified atom stereocenters. The first-order chi connectivity index (χ1) is 13.5. The van der Waals surface area contributed by atoms with Crippen molar-refractivity contribution in [3.63, 3.8) is 0 Å². The first kappa shape index (κ1) is 20.0. The van der Waals surface area contributed by atoms with Crippen LogP contribution >= 0.6 is 0 Å². The molecule has 0 bridgehead atoms. The average Bonchev–Trinajstić information content (AvgIpc) is 3.03. The summed E-state index contributed by atoms with van der Waals surface area (Å²) in [4.78, 5) is 4.99. The third kappa shape index (κ3) is 3.28. The Morgan fingerprint density at radius 3 is 2.04 bits per heavy atom. The normalized spacial score (nSPS) is 11.3. The fourth-order valence-electron chi connectivity index (χ4n) is 4.05. The Kier molecular flexibility index (Phi) is 5.77. The fraction of sp³-hybridized carbons (Fsp3) is 0.455. The van der Waals surface area contributed by atoms with Gasteiger partial charge in [-0.15, -0.1) is 0 Å². The monoisotopic (exact) mass is 380 g/mol. The highest BCUT2D eigenvalue weighted by molar-refractivity contribution is 5.90. The number of anilines is 3. The number of rotatable bonds is 7. The molecule has 6 heteroatoms. The summed E-state index contributed by atoms with van der Waals surface area (Å²) in [5.74, 6) is 1.37. The molecule has 0 amide bonds. The maximum absolute atomic E-state index is 4.99. The molecule has 6 nitrogen and oxygen atoms in total. The molecule has 0 saturated carbocycles. The largest absolute Gasteiger partial charge is 0.388 e. The SMILES string of the molecule is CCC(CC)c1cc(C)nn2c(-c3c(NC)cc(NC)cc3NC)nc(C)c12. The van der Waals surface area contributed by atoms with Gasteiger partial charge in [-0.05, 0) is 56.4 Å². The third-order valence-corrected chi connectivity index (χ3v) is 5.54. The third-order valence-electron chi connectivity index (χ3n) is 5.54. The van der Waals surface area contributed by atoms with Gasteiger partial charge in [-0.3, -0.25) is 0 Å². The van der Waals surface area contributed by atoms with Crippen LogP contribution in [0.5, 0.6) is 0 Å². The zero-order valence-electron chi connectivity index (χ0n) is 18.1. The molecule has 150 valence electrons. The molecular weight excluding hydrogens is 348 g/mol. The molecule has 1 aromatic carbocycles. The highest BCUT2D eigenvalue weighted by Crippen LogP contribution is 2.39. The lowest BCUT2D eigenvalue weighted by atomic mass is 9.93. The Morgan fingerprint density at radius 2 is 1.54 bits per heavy atom. The predicted molar refractivity (Wildman–Crippen MR) is 120 cm³/mol. The van der Waals surface area contributed by atoms with E-state index < -0.39 is 0 Å². The van der Waals surface area contributed by atoms with E-state index in [1.807, 2.05) is 25.7 Å². The minimum atomic E-state index is 0.506. The van der Waals surface area contributed by atoms with Crippen molar-refractivity contribution >= 4 is 22.6 Å². The summed E-state index contributed by atoms with van der Waals surface area (Å²) in [5, 5.41) is 14.7. The van der Waals surface area contributed by atoms with Crippen LogP contribution in [-0.2, 0) is 0 Å². The van der Waals surface area contributed by atoms with Crippen molar-refractivity contribution in [2.45, 2.75) is 46.5 Å². The van der Waals surface area contributed by atoms with Gasteiger partial charge in [0.1, 0.15) is 0 Å². The van der Waals surface area contributed by atoms with Gasteiger partial charge in [-0.25, -0.2) is 9.50 Å². The fourth-order valence-corrected chi connectivity index (χ4v) is 4.05. The number of hydrogen-bond acceptors (Lipinski definition) is 5. The number of imidazole rings is 1.